The van der Waals surface area contributed by atoms with Crippen LogP contribution < -0.4 is 0 Å². The lowest BCUT2D eigenvalue weighted by Gasteiger charge is -2.35. The highest BCUT2D eigenvalue weighted by Crippen LogP contribution is 2.23. The molecule has 2 aromatic rings. The number of likely N-dealkylation sites (tertiary alicyclic amines) is 1. The van der Waals surface area contributed by atoms with Crippen LogP contribution in [0.25, 0.3) is 11.1 Å². The van der Waals surface area contributed by atoms with Crippen molar-refractivity contribution >= 4 is 0 Å². The number of hydrogen-bond donors (Lipinski definition) is 0. The number of hydrogen-bond acceptors (Lipinski definition) is 1. The van der Waals surface area contributed by atoms with E-state index in [9.17, 15) is 0 Å². The molecule has 1 aliphatic rings. The highest BCUT2D eigenvalue weighted by atomic mass is 15.1. The average Bonchev–Trinajstić information content (AvgIpc) is 2.55. The molecule has 2 unspecified atom stereocenters. The Labute approximate surface area is 147 Å². The molecular weight excluding hydrogens is 290 g/mol. The van der Waals surface area contributed by atoms with Crippen LogP contribution in [0.4, 0.5) is 0 Å². The molecule has 2 aromatic carbocycles. The molecular formula is C23H29N. The fourth-order valence-electron chi connectivity index (χ4n) is 4.03. The van der Waals surface area contributed by atoms with E-state index in [0.29, 0.717) is 0 Å². The van der Waals surface area contributed by atoms with Gasteiger partial charge in [0.15, 0.2) is 0 Å². The number of rotatable bonds is 5. The fourth-order valence-corrected chi connectivity index (χ4v) is 4.03. The van der Waals surface area contributed by atoms with Crippen molar-refractivity contribution < 1.29 is 0 Å². The van der Waals surface area contributed by atoms with Crippen LogP contribution in [0.1, 0.15) is 25.8 Å². The zero-order chi connectivity index (χ0) is 16.9. The Balaban J connectivity index is 1.57. The van der Waals surface area contributed by atoms with E-state index in [-0.39, 0.29) is 0 Å². The molecule has 0 aliphatic carbocycles. The van der Waals surface area contributed by atoms with Crippen LogP contribution in [-0.2, 0) is 6.42 Å². The van der Waals surface area contributed by atoms with E-state index in [2.05, 4.69) is 79.9 Å². The van der Waals surface area contributed by atoms with E-state index in [1.807, 2.05) is 0 Å². The summed E-state index contributed by atoms with van der Waals surface area (Å²) >= 11 is 0. The first-order valence-electron chi connectivity index (χ1n) is 9.13. The van der Waals surface area contributed by atoms with Crippen LogP contribution in [0.5, 0.6) is 0 Å². The van der Waals surface area contributed by atoms with Crippen LogP contribution >= 0.6 is 0 Å². The molecule has 24 heavy (non-hydrogen) atoms. The van der Waals surface area contributed by atoms with Crippen molar-refractivity contribution in [2.24, 2.45) is 11.8 Å². The van der Waals surface area contributed by atoms with Crippen molar-refractivity contribution in [3.63, 3.8) is 0 Å². The van der Waals surface area contributed by atoms with E-state index in [4.69, 9.17) is 0 Å². The number of benzene rings is 2. The topological polar surface area (TPSA) is 3.24 Å². The summed E-state index contributed by atoms with van der Waals surface area (Å²) in [6.07, 6.45) is 2.35. The van der Waals surface area contributed by atoms with Gasteiger partial charge in [0, 0.05) is 19.6 Å². The van der Waals surface area contributed by atoms with Crippen LogP contribution in [0.15, 0.2) is 66.7 Å². The predicted molar refractivity (Wildman–Crippen MR) is 104 cm³/mol. The predicted octanol–water partition coefficient (Wildman–Crippen LogP) is 5.43. The van der Waals surface area contributed by atoms with Crippen LogP contribution in [0.3, 0.4) is 0 Å². The summed E-state index contributed by atoms with van der Waals surface area (Å²) in [7, 11) is 0. The molecule has 0 saturated carbocycles. The van der Waals surface area contributed by atoms with Gasteiger partial charge in [-0.25, -0.2) is 0 Å². The van der Waals surface area contributed by atoms with E-state index in [1.54, 1.807) is 0 Å². The quantitative estimate of drug-likeness (QED) is 0.664. The Hall–Kier alpha value is -1.86. The Morgan fingerprint density at radius 1 is 0.917 bits per heavy atom. The molecule has 3 rings (SSSR count). The Kier molecular flexibility index (Phi) is 5.52. The summed E-state index contributed by atoms with van der Waals surface area (Å²) in [4.78, 5) is 2.58. The van der Waals surface area contributed by atoms with Gasteiger partial charge in [-0.1, -0.05) is 80.6 Å². The molecule has 1 nitrogen and oxygen atoms in total. The first-order chi connectivity index (χ1) is 11.6. The zero-order valence-corrected chi connectivity index (χ0v) is 15.0. The van der Waals surface area contributed by atoms with E-state index < -0.39 is 0 Å². The maximum atomic E-state index is 4.33. The van der Waals surface area contributed by atoms with Gasteiger partial charge in [0.05, 0.1) is 0 Å². The second kappa shape index (κ2) is 7.81. The largest absolute Gasteiger partial charge is 0.299 e. The standard InChI is InChI=1S/C23H29N/c1-18-13-19(2)16-24(15-18)17-20(3)14-21-9-11-23(12-10-21)22-7-5-4-6-8-22/h4-12,18-19H,3,13-17H2,1-2H3. The Morgan fingerprint density at radius 3 is 2.12 bits per heavy atom. The fraction of sp³-hybridized carbons (Fsp3) is 0.391. The van der Waals surface area contributed by atoms with E-state index in [0.717, 1.165) is 24.8 Å². The van der Waals surface area contributed by atoms with Gasteiger partial charge in [0.2, 0.25) is 0 Å². The van der Waals surface area contributed by atoms with Gasteiger partial charge in [0.1, 0.15) is 0 Å². The maximum Gasteiger partial charge on any atom is 0.0193 e. The molecule has 0 radical (unpaired) electrons. The maximum absolute atomic E-state index is 4.33. The minimum Gasteiger partial charge on any atom is -0.299 e. The SMILES string of the molecule is C=C(Cc1ccc(-c2ccccc2)cc1)CN1CC(C)CC(C)C1. The van der Waals surface area contributed by atoms with Gasteiger partial charge in [0.25, 0.3) is 0 Å². The molecule has 1 fully saturated rings. The Morgan fingerprint density at radius 2 is 1.50 bits per heavy atom. The lowest BCUT2D eigenvalue weighted by atomic mass is 9.91. The lowest BCUT2D eigenvalue weighted by Crippen LogP contribution is -2.39. The van der Waals surface area contributed by atoms with E-state index in [1.165, 1.54) is 41.8 Å². The van der Waals surface area contributed by atoms with Crippen molar-refractivity contribution in [1.29, 1.82) is 0 Å². The van der Waals surface area contributed by atoms with Gasteiger partial charge in [-0.15, -0.1) is 0 Å². The van der Waals surface area contributed by atoms with Crippen molar-refractivity contribution in [2.45, 2.75) is 26.7 Å². The Bertz CT molecular complexity index is 646. The summed E-state index contributed by atoms with van der Waals surface area (Å²) in [5, 5.41) is 0. The molecule has 0 bridgehead atoms. The first-order valence-corrected chi connectivity index (χ1v) is 9.13. The number of piperidine rings is 1. The zero-order valence-electron chi connectivity index (χ0n) is 15.0. The molecule has 1 saturated heterocycles. The minimum absolute atomic E-state index is 0.812. The van der Waals surface area contributed by atoms with Gasteiger partial charge in [-0.2, -0.15) is 0 Å². The molecule has 0 spiro atoms. The van der Waals surface area contributed by atoms with Gasteiger partial charge in [-0.3, -0.25) is 4.90 Å². The molecule has 1 aliphatic heterocycles. The highest BCUT2D eigenvalue weighted by molar-refractivity contribution is 5.63. The van der Waals surface area contributed by atoms with Crippen molar-refractivity contribution in [3.05, 3.63) is 72.3 Å². The summed E-state index contributed by atoms with van der Waals surface area (Å²) in [5.74, 6) is 1.62. The normalized spacial score (nSPS) is 21.6. The molecule has 0 N–H and O–H groups in total. The van der Waals surface area contributed by atoms with Crippen molar-refractivity contribution in [3.8, 4) is 11.1 Å². The average molecular weight is 319 g/mol. The second-order valence-electron chi connectivity index (χ2n) is 7.63. The van der Waals surface area contributed by atoms with Crippen LogP contribution in [-0.4, -0.2) is 24.5 Å². The summed E-state index contributed by atoms with van der Waals surface area (Å²) in [6, 6.07) is 19.5. The molecule has 1 heterocycles. The summed E-state index contributed by atoms with van der Waals surface area (Å²) in [5.41, 5.74) is 5.24. The van der Waals surface area contributed by atoms with E-state index >= 15 is 0 Å². The third kappa shape index (κ3) is 4.58. The third-order valence-corrected chi connectivity index (χ3v) is 4.91. The molecule has 2 atom stereocenters. The lowest BCUT2D eigenvalue weighted by molar-refractivity contribution is 0.151. The van der Waals surface area contributed by atoms with Crippen molar-refractivity contribution in [2.75, 3.05) is 19.6 Å². The monoisotopic (exact) mass is 319 g/mol. The molecule has 0 amide bonds. The number of nitrogens with zero attached hydrogens (tertiary/aromatic N) is 1. The van der Waals surface area contributed by atoms with Crippen molar-refractivity contribution in [1.82, 2.24) is 4.90 Å². The molecule has 1 heteroatoms. The molecule has 126 valence electrons. The van der Waals surface area contributed by atoms with Gasteiger partial charge >= 0.3 is 0 Å². The van der Waals surface area contributed by atoms with Crippen LogP contribution in [0.2, 0.25) is 0 Å². The highest BCUT2D eigenvalue weighted by Gasteiger charge is 2.21. The third-order valence-electron chi connectivity index (χ3n) is 4.91. The van der Waals surface area contributed by atoms with Crippen LogP contribution in [0, 0.1) is 11.8 Å². The van der Waals surface area contributed by atoms with Gasteiger partial charge < -0.3 is 0 Å². The van der Waals surface area contributed by atoms with Gasteiger partial charge in [-0.05, 0) is 41.4 Å². The summed E-state index contributed by atoms with van der Waals surface area (Å²) < 4.78 is 0. The first kappa shape index (κ1) is 17.0. The second-order valence-corrected chi connectivity index (χ2v) is 7.63. The minimum atomic E-state index is 0.812. The smallest absolute Gasteiger partial charge is 0.0193 e. The molecule has 0 aromatic heterocycles. The summed E-state index contributed by atoms with van der Waals surface area (Å²) in [6.45, 7) is 12.5.